The highest BCUT2D eigenvalue weighted by Crippen LogP contribution is 2.58. The molecule has 2 aromatic carbocycles. The second kappa shape index (κ2) is 8.20. The van der Waals surface area contributed by atoms with E-state index in [2.05, 4.69) is 34.6 Å². The van der Waals surface area contributed by atoms with Crippen molar-refractivity contribution in [3.05, 3.63) is 75.7 Å². The molecule has 2 heterocycles. The fraction of sp³-hybridized carbons (Fsp3) is 0.308. The molecule has 178 valence electrons. The van der Waals surface area contributed by atoms with Gasteiger partial charge in [0, 0.05) is 24.4 Å². The summed E-state index contributed by atoms with van der Waals surface area (Å²) in [5, 5.41) is 14.4. The standard InChI is InChI=1S/C26H23N3O5S/c30-23(29-11-15-9-26(15,14-29)24(31)32)21-13-35-22(28-21)10-27-25(33)34-12-20-18-7-3-1-5-16(18)17-6-2-4-8-19(17)20/h1-8,13,15,20H,9-12,14H2,(H,27,33)(H,31,32). The number of carboxylic acids is 1. The second-order valence-corrected chi connectivity index (χ2v) is 10.3. The monoisotopic (exact) mass is 489 g/mol. The molecular weight excluding hydrogens is 466 g/mol. The zero-order valence-corrected chi connectivity index (χ0v) is 19.6. The van der Waals surface area contributed by atoms with Crippen LogP contribution in [0, 0.1) is 11.3 Å². The van der Waals surface area contributed by atoms with Crippen LogP contribution >= 0.6 is 11.3 Å². The number of piperidine rings is 1. The number of hydrogen-bond acceptors (Lipinski definition) is 6. The minimum Gasteiger partial charge on any atom is -0.481 e. The number of nitrogens with one attached hydrogen (secondary N) is 1. The molecule has 1 saturated carbocycles. The highest BCUT2D eigenvalue weighted by Gasteiger charge is 2.66. The number of fused-ring (bicyclic) bond motifs is 4. The van der Waals surface area contributed by atoms with Crippen molar-refractivity contribution in [2.75, 3.05) is 19.7 Å². The SMILES string of the molecule is O=C(NCc1nc(C(=O)N2CC3CC3(C(=O)O)C2)cs1)OCC1c2ccccc2-c2ccccc21. The lowest BCUT2D eigenvalue weighted by Gasteiger charge is -2.18. The molecule has 8 nitrogen and oxygen atoms in total. The van der Waals surface area contributed by atoms with Crippen LogP contribution in [0.4, 0.5) is 4.79 Å². The molecule has 2 aliphatic carbocycles. The molecule has 1 aliphatic heterocycles. The van der Waals surface area contributed by atoms with E-state index in [0.717, 1.165) is 11.1 Å². The maximum atomic E-state index is 12.7. The third-order valence-corrected chi connectivity index (χ3v) is 8.21. The smallest absolute Gasteiger partial charge is 0.407 e. The van der Waals surface area contributed by atoms with Gasteiger partial charge in [0.25, 0.3) is 5.91 Å². The van der Waals surface area contributed by atoms with Crippen molar-refractivity contribution >= 4 is 29.3 Å². The molecule has 1 saturated heterocycles. The lowest BCUT2D eigenvalue weighted by Crippen LogP contribution is -2.34. The Morgan fingerprint density at radius 2 is 1.80 bits per heavy atom. The van der Waals surface area contributed by atoms with Crippen LogP contribution in [0.5, 0.6) is 0 Å². The van der Waals surface area contributed by atoms with Crippen molar-refractivity contribution in [2.45, 2.75) is 18.9 Å². The zero-order valence-electron chi connectivity index (χ0n) is 18.8. The Morgan fingerprint density at radius 3 is 2.46 bits per heavy atom. The Balaban J connectivity index is 1.03. The van der Waals surface area contributed by atoms with Crippen LogP contribution in [0.2, 0.25) is 0 Å². The molecule has 0 bridgehead atoms. The maximum Gasteiger partial charge on any atom is 0.407 e. The molecule has 2 fully saturated rings. The van der Waals surface area contributed by atoms with E-state index in [4.69, 9.17) is 4.74 Å². The number of rotatable bonds is 6. The number of thiazole rings is 1. The van der Waals surface area contributed by atoms with E-state index < -0.39 is 17.5 Å². The molecule has 2 N–H and O–H groups in total. The quantitative estimate of drug-likeness (QED) is 0.546. The minimum atomic E-state index is -0.830. The van der Waals surface area contributed by atoms with Gasteiger partial charge in [-0.1, -0.05) is 48.5 Å². The first-order valence-corrected chi connectivity index (χ1v) is 12.4. The summed E-state index contributed by atoms with van der Waals surface area (Å²) in [6.45, 7) is 1.06. The molecule has 3 aromatic rings. The number of ether oxygens (including phenoxy) is 1. The van der Waals surface area contributed by atoms with E-state index in [1.54, 1.807) is 10.3 Å². The van der Waals surface area contributed by atoms with E-state index in [-0.39, 0.29) is 43.1 Å². The second-order valence-electron chi connectivity index (χ2n) is 9.35. The summed E-state index contributed by atoms with van der Waals surface area (Å²) in [6.07, 6.45) is 0.0938. The molecule has 3 aliphatic rings. The molecule has 35 heavy (non-hydrogen) atoms. The van der Waals surface area contributed by atoms with Gasteiger partial charge in [-0.25, -0.2) is 9.78 Å². The van der Waals surface area contributed by atoms with Gasteiger partial charge >= 0.3 is 12.1 Å². The molecule has 6 rings (SSSR count). The van der Waals surface area contributed by atoms with Gasteiger partial charge in [-0.15, -0.1) is 11.3 Å². The Bertz CT molecular complexity index is 1310. The fourth-order valence-corrected chi connectivity index (χ4v) is 6.13. The van der Waals surface area contributed by atoms with Crippen molar-refractivity contribution < 1.29 is 24.2 Å². The van der Waals surface area contributed by atoms with Crippen molar-refractivity contribution in [1.29, 1.82) is 0 Å². The topological polar surface area (TPSA) is 109 Å². The van der Waals surface area contributed by atoms with Crippen molar-refractivity contribution in [2.24, 2.45) is 11.3 Å². The largest absolute Gasteiger partial charge is 0.481 e. The van der Waals surface area contributed by atoms with Crippen molar-refractivity contribution in [3.8, 4) is 11.1 Å². The maximum absolute atomic E-state index is 12.7. The Hall–Kier alpha value is -3.72. The Kier molecular flexibility index (Phi) is 5.10. The number of amides is 2. The van der Waals surface area contributed by atoms with Crippen LogP contribution < -0.4 is 5.32 Å². The molecule has 1 aromatic heterocycles. The highest BCUT2D eigenvalue weighted by molar-refractivity contribution is 7.09. The van der Waals surface area contributed by atoms with Crippen LogP contribution in [0.15, 0.2) is 53.9 Å². The van der Waals surface area contributed by atoms with Crippen molar-refractivity contribution in [3.63, 3.8) is 0 Å². The predicted octanol–water partition coefficient (Wildman–Crippen LogP) is 3.73. The van der Waals surface area contributed by atoms with Crippen LogP contribution in [0.1, 0.15) is 39.0 Å². The number of hydrogen-bond donors (Lipinski definition) is 2. The number of carbonyl (C=O) groups is 3. The summed E-state index contributed by atoms with van der Waals surface area (Å²) in [7, 11) is 0. The average Bonchev–Trinajstić information content (AvgIpc) is 3.21. The van der Waals surface area contributed by atoms with Gasteiger partial charge in [0.1, 0.15) is 17.3 Å². The van der Waals surface area contributed by atoms with Crippen LogP contribution in [-0.2, 0) is 16.1 Å². The summed E-state index contributed by atoms with van der Waals surface area (Å²) < 4.78 is 5.54. The van der Waals surface area contributed by atoms with E-state index in [0.29, 0.717) is 18.0 Å². The lowest BCUT2D eigenvalue weighted by atomic mass is 9.98. The Labute approximate surface area is 205 Å². The number of likely N-dealkylation sites (tertiary alicyclic amines) is 1. The normalized spacial score (nSPS) is 21.7. The van der Waals surface area contributed by atoms with Gasteiger partial charge in [-0.05, 0) is 34.6 Å². The third-order valence-electron chi connectivity index (χ3n) is 7.36. The number of nitrogens with zero attached hydrogens (tertiary/aromatic N) is 2. The number of aromatic nitrogens is 1. The molecule has 2 unspecified atom stereocenters. The number of carboxylic acid groups (broad SMARTS) is 1. The molecule has 2 amide bonds. The van der Waals surface area contributed by atoms with Gasteiger partial charge in [-0.2, -0.15) is 0 Å². The molecule has 0 spiro atoms. The summed E-state index contributed by atoms with van der Waals surface area (Å²) in [5.41, 5.74) is 4.15. The van der Waals surface area contributed by atoms with E-state index in [9.17, 15) is 19.5 Å². The number of alkyl carbamates (subject to hydrolysis) is 1. The summed E-state index contributed by atoms with van der Waals surface area (Å²) in [4.78, 5) is 42.5. The summed E-state index contributed by atoms with van der Waals surface area (Å²) >= 11 is 1.28. The van der Waals surface area contributed by atoms with E-state index in [1.807, 2.05) is 24.3 Å². The average molecular weight is 490 g/mol. The first kappa shape index (κ1) is 21.8. The van der Waals surface area contributed by atoms with Crippen LogP contribution in [-0.4, -0.2) is 52.7 Å². The summed E-state index contributed by atoms with van der Waals surface area (Å²) in [5.74, 6) is -1.07. The van der Waals surface area contributed by atoms with Gasteiger partial charge in [0.05, 0.1) is 12.0 Å². The number of carbonyl (C=O) groups excluding carboxylic acids is 2. The minimum absolute atomic E-state index is 0.0157. The van der Waals surface area contributed by atoms with E-state index in [1.165, 1.54) is 22.5 Å². The predicted molar refractivity (Wildman–Crippen MR) is 128 cm³/mol. The Morgan fingerprint density at radius 1 is 1.11 bits per heavy atom. The number of aliphatic carboxylic acids is 1. The molecule has 9 heteroatoms. The summed E-state index contributed by atoms with van der Waals surface area (Å²) in [6, 6.07) is 16.3. The molecular formula is C26H23N3O5S. The van der Waals surface area contributed by atoms with Gasteiger partial charge < -0.3 is 20.1 Å². The van der Waals surface area contributed by atoms with Gasteiger partial charge in [-0.3, -0.25) is 9.59 Å². The first-order valence-electron chi connectivity index (χ1n) is 11.5. The fourth-order valence-electron chi connectivity index (χ4n) is 5.42. The zero-order chi connectivity index (χ0) is 24.2. The van der Waals surface area contributed by atoms with E-state index >= 15 is 0 Å². The van der Waals surface area contributed by atoms with Crippen molar-refractivity contribution in [1.82, 2.24) is 15.2 Å². The third kappa shape index (κ3) is 3.67. The van der Waals surface area contributed by atoms with Gasteiger partial charge in [0.2, 0.25) is 0 Å². The van der Waals surface area contributed by atoms with Crippen LogP contribution in [0.25, 0.3) is 11.1 Å². The van der Waals surface area contributed by atoms with Gasteiger partial charge in [0.15, 0.2) is 0 Å². The molecule has 0 radical (unpaired) electrons. The lowest BCUT2D eigenvalue weighted by molar-refractivity contribution is -0.143. The molecule has 2 atom stereocenters. The first-order chi connectivity index (χ1) is 17.0. The highest BCUT2D eigenvalue weighted by atomic mass is 32.1. The van der Waals surface area contributed by atoms with Crippen LogP contribution in [0.3, 0.4) is 0 Å². The number of benzene rings is 2.